The lowest BCUT2D eigenvalue weighted by atomic mass is 10.2. The molecule has 1 fully saturated rings. The quantitative estimate of drug-likeness (QED) is 0.102. The van der Waals surface area contributed by atoms with Crippen molar-refractivity contribution in [2.45, 2.75) is 10.9 Å². The summed E-state index contributed by atoms with van der Waals surface area (Å²) >= 11 is 15.7. The SMILES string of the molecule is O=C(c1csc(CSc2nnc(-c3ccccc3Cl)n2-c2cccc(Cl)c2)n1)N1CCN(c2ccc([N+](=O)[O-])cc2)CC1. The first-order valence-electron chi connectivity index (χ1n) is 13.2. The third kappa shape index (κ3) is 6.37. The second kappa shape index (κ2) is 12.7. The zero-order valence-electron chi connectivity index (χ0n) is 22.5. The highest BCUT2D eigenvalue weighted by atomic mass is 35.5. The predicted molar refractivity (Wildman–Crippen MR) is 170 cm³/mol. The number of halogens is 2. The van der Waals surface area contributed by atoms with Crippen molar-refractivity contribution >= 4 is 63.6 Å². The molecule has 1 amide bonds. The van der Waals surface area contributed by atoms with Gasteiger partial charge in [0.15, 0.2) is 11.0 Å². The van der Waals surface area contributed by atoms with E-state index in [0.717, 1.165) is 21.9 Å². The minimum Gasteiger partial charge on any atom is -0.368 e. The molecule has 0 unspecified atom stereocenters. The summed E-state index contributed by atoms with van der Waals surface area (Å²) in [6.45, 7) is 2.32. The second-order valence-corrected chi connectivity index (χ2v) is 12.3. The molecule has 2 aromatic heterocycles. The summed E-state index contributed by atoms with van der Waals surface area (Å²) in [7, 11) is 0. The first-order chi connectivity index (χ1) is 20.9. The Morgan fingerprint density at radius 2 is 1.72 bits per heavy atom. The van der Waals surface area contributed by atoms with Crippen LogP contribution in [0.1, 0.15) is 15.5 Å². The number of amides is 1. The van der Waals surface area contributed by atoms with Gasteiger partial charge in [-0.1, -0.05) is 53.2 Å². The molecule has 0 aliphatic carbocycles. The van der Waals surface area contributed by atoms with Gasteiger partial charge in [0.1, 0.15) is 10.7 Å². The average Bonchev–Trinajstić information content (AvgIpc) is 3.67. The van der Waals surface area contributed by atoms with E-state index < -0.39 is 4.92 Å². The van der Waals surface area contributed by atoms with Crippen molar-refractivity contribution in [3.63, 3.8) is 0 Å². The third-order valence-electron chi connectivity index (χ3n) is 6.90. The topological polar surface area (TPSA) is 110 Å². The smallest absolute Gasteiger partial charge is 0.273 e. The van der Waals surface area contributed by atoms with Crippen LogP contribution in [-0.2, 0) is 5.75 Å². The summed E-state index contributed by atoms with van der Waals surface area (Å²) in [4.78, 5) is 32.3. The van der Waals surface area contributed by atoms with Crippen molar-refractivity contribution in [3.05, 3.63) is 109 Å². The first kappa shape index (κ1) is 29.1. The molecule has 0 bridgehead atoms. The summed E-state index contributed by atoms with van der Waals surface area (Å²) in [5, 5.41) is 24.2. The van der Waals surface area contributed by atoms with E-state index in [0.29, 0.717) is 58.7 Å². The van der Waals surface area contributed by atoms with Gasteiger partial charge in [-0.15, -0.1) is 21.5 Å². The van der Waals surface area contributed by atoms with Crippen LogP contribution in [0, 0.1) is 10.1 Å². The van der Waals surface area contributed by atoms with Crippen LogP contribution >= 0.6 is 46.3 Å². The van der Waals surface area contributed by atoms with Crippen LogP contribution in [-0.4, -0.2) is 61.7 Å². The highest BCUT2D eigenvalue weighted by molar-refractivity contribution is 7.98. The van der Waals surface area contributed by atoms with Gasteiger partial charge in [-0.3, -0.25) is 19.5 Å². The van der Waals surface area contributed by atoms with E-state index in [2.05, 4.69) is 20.1 Å². The molecule has 3 heterocycles. The Morgan fingerprint density at radius 3 is 2.44 bits per heavy atom. The van der Waals surface area contributed by atoms with Crippen molar-refractivity contribution in [1.82, 2.24) is 24.6 Å². The molecule has 14 heteroatoms. The van der Waals surface area contributed by atoms with Crippen molar-refractivity contribution in [3.8, 4) is 17.1 Å². The monoisotopic (exact) mass is 651 g/mol. The second-order valence-electron chi connectivity index (χ2n) is 9.57. The Labute approximate surface area is 265 Å². The number of thiazole rings is 1. The van der Waals surface area contributed by atoms with Crippen molar-refractivity contribution in [1.29, 1.82) is 0 Å². The molecule has 1 saturated heterocycles. The van der Waals surface area contributed by atoms with Crippen molar-refractivity contribution in [2.75, 3.05) is 31.1 Å². The number of aromatic nitrogens is 4. The van der Waals surface area contributed by atoms with Gasteiger partial charge in [0, 0.05) is 60.0 Å². The van der Waals surface area contributed by atoms with Crippen LogP contribution < -0.4 is 4.90 Å². The number of piperazine rings is 1. The number of carbonyl (C=O) groups excluding carboxylic acids is 1. The average molecular weight is 653 g/mol. The fourth-order valence-electron chi connectivity index (χ4n) is 4.74. The Hall–Kier alpha value is -3.97. The maximum atomic E-state index is 13.2. The van der Waals surface area contributed by atoms with E-state index in [-0.39, 0.29) is 11.6 Å². The molecule has 5 aromatic rings. The standard InChI is InChI=1S/C29H23Cl2N7O3S2/c30-19-4-3-5-22(16-19)37-27(23-6-1-2-7-24(23)31)33-34-29(37)43-18-26-32-25(17-42-26)28(39)36-14-12-35(13-15-36)20-8-10-21(11-9-20)38(40)41/h1-11,16-17H,12-15,18H2. The Morgan fingerprint density at radius 1 is 0.953 bits per heavy atom. The molecule has 1 aliphatic rings. The third-order valence-corrected chi connectivity index (χ3v) is 9.44. The summed E-state index contributed by atoms with van der Waals surface area (Å²) < 4.78 is 1.92. The lowest BCUT2D eigenvalue weighted by Crippen LogP contribution is -2.48. The number of anilines is 1. The molecule has 1 aliphatic heterocycles. The highest BCUT2D eigenvalue weighted by Crippen LogP contribution is 2.34. The number of nitrogens with zero attached hydrogens (tertiary/aromatic N) is 7. The Kier molecular flexibility index (Phi) is 8.61. The zero-order chi connectivity index (χ0) is 29.9. The van der Waals surface area contributed by atoms with Crippen LogP contribution in [0.4, 0.5) is 11.4 Å². The van der Waals surface area contributed by atoms with Gasteiger partial charge in [0.05, 0.1) is 21.4 Å². The summed E-state index contributed by atoms with van der Waals surface area (Å²) in [5.74, 6) is 0.977. The van der Waals surface area contributed by atoms with Crippen LogP contribution in [0.3, 0.4) is 0 Å². The minimum atomic E-state index is -0.413. The number of rotatable bonds is 8. The summed E-state index contributed by atoms with van der Waals surface area (Å²) in [5.41, 5.74) is 2.92. The van der Waals surface area contributed by atoms with Crippen LogP contribution in [0.2, 0.25) is 10.0 Å². The maximum absolute atomic E-state index is 13.2. The van der Waals surface area contributed by atoms with E-state index in [1.54, 1.807) is 28.5 Å². The van der Waals surface area contributed by atoms with Gasteiger partial charge in [-0.05, 0) is 42.5 Å². The Balaban J connectivity index is 1.13. The molecule has 3 aromatic carbocycles. The molecule has 10 nitrogen and oxygen atoms in total. The number of thioether (sulfide) groups is 1. The first-order valence-corrected chi connectivity index (χ1v) is 15.8. The van der Waals surface area contributed by atoms with Crippen molar-refractivity contribution in [2.24, 2.45) is 0 Å². The number of carbonyl (C=O) groups is 1. The molecule has 0 radical (unpaired) electrons. The fourth-order valence-corrected chi connectivity index (χ4v) is 6.89. The normalized spacial score (nSPS) is 13.3. The molecular weight excluding hydrogens is 629 g/mol. The number of nitro benzene ring substituents is 1. The van der Waals surface area contributed by atoms with E-state index in [9.17, 15) is 14.9 Å². The zero-order valence-corrected chi connectivity index (χ0v) is 25.6. The van der Waals surface area contributed by atoms with Gasteiger partial charge in [0.25, 0.3) is 11.6 Å². The minimum absolute atomic E-state index is 0.0563. The summed E-state index contributed by atoms with van der Waals surface area (Å²) in [6, 6.07) is 21.4. The van der Waals surface area contributed by atoms with Crippen LogP contribution in [0.5, 0.6) is 0 Å². The van der Waals surface area contributed by atoms with Gasteiger partial charge in [0.2, 0.25) is 0 Å². The van der Waals surface area contributed by atoms with E-state index in [1.807, 2.05) is 47.0 Å². The lowest BCUT2D eigenvalue weighted by molar-refractivity contribution is -0.384. The predicted octanol–water partition coefficient (Wildman–Crippen LogP) is 6.86. The van der Waals surface area contributed by atoms with Gasteiger partial charge in [-0.25, -0.2) is 4.98 Å². The molecule has 6 rings (SSSR count). The maximum Gasteiger partial charge on any atom is 0.273 e. The number of hydrogen-bond donors (Lipinski definition) is 0. The van der Waals surface area contributed by atoms with E-state index >= 15 is 0 Å². The molecule has 0 spiro atoms. The summed E-state index contributed by atoms with van der Waals surface area (Å²) in [6.07, 6.45) is 0. The van der Waals surface area contributed by atoms with Crippen LogP contribution in [0.15, 0.2) is 83.3 Å². The molecule has 0 N–H and O–H groups in total. The lowest BCUT2D eigenvalue weighted by Gasteiger charge is -2.35. The number of hydrogen-bond acceptors (Lipinski definition) is 9. The number of non-ortho nitro benzene ring substituents is 1. The Bertz CT molecular complexity index is 1790. The van der Waals surface area contributed by atoms with E-state index in [4.69, 9.17) is 23.2 Å². The van der Waals surface area contributed by atoms with Gasteiger partial charge >= 0.3 is 0 Å². The molecule has 0 saturated carbocycles. The largest absolute Gasteiger partial charge is 0.368 e. The number of nitro groups is 1. The van der Waals surface area contributed by atoms with E-state index in [1.165, 1.54) is 35.2 Å². The molecule has 0 atom stereocenters. The molecule has 43 heavy (non-hydrogen) atoms. The van der Waals surface area contributed by atoms with Crippen molar-refractivity contribution < 1.29 is 9.72 Å². The molecule has 218 valence electrons. The van der Waals surface area contributed by atoms with Gasteiger partial charge < -0.3 is 9.80 Å². The fraction of sp³-hybridized carbons (Fsp3) is 0.172. The number of benzene rings is 3. The van der Waals surface area contributed by atoms with Gasteiger partial charge in [-0.2, -0.15) is 0 Å². The highest BCUT2D eigenvalue weighted by Gasteiger charge is 2.25. The van der Waals surface area contributed by atoms with Crippen LogP contribution in [0.25, 0.3) is 17.1 Å². The molecular formula is C29H23Cl2N7O3S2.